The third-order valence-electron chi connectivity index (χ3n) is 11.9. The molecule has 0 aliphatic heterocycles. The Labute approximate surface area is 350 Å². The number of benzene rings is 10. The first-order chi connectivity index (χ1) is 29.2. The van der Waals surface area contributed by atoms with Gasteiger partial charge in [-0.1, -0.05) is 152 Å². The van der Waals surface area contributed by atoms with Crippen molar-refractivity contribution < 1.29 is 0 Å². The van der Waals surface area contributed by atoms with Crippen molar-refractivity contribution >= 4 is 102 Å². The minimum Gasteiger partial charge on any atom is -0.311 e. The standard InChI is InChI=1S/C56H35NS2/c1-2-11-45-37(9-1)19-20-40-10-7-14-46(55(40)45)38-23-30-43(31-24-38)57(42-28-21-36(22-29-42)41-27-34-54-51(35-41)49-13-4-5-17-52(49)58-54)44-32-25-39(26-33-44)47-15-8-16-50-48-12-3-6-18-53(48)59-56(47)50/h1-35H. The van der Waals surface area contributed by atoms with E-state index in [1.807, 2.05) is 22.7 Å². The second-order valence-corrected chi connectivity index (χ2v) is 17.4. The molecule has 276 valence electrons. The van der Waals surface area contributed by atoms with Gasteiger partial charge in [-0.05, 0) is 116 Å². The maximum absolute atomic E-state index is 2.38. The van der Waals surface area contributed by atoms with Crippen molar-refractivity contribution in [2.45, 2.75) is 0 Å². The number of nitrogens with zero attached hydrogens (tertiary/aromatic N) is 1. The predicted molar refractivity (Wildman–Crippen MR) is 258 cm³/mol. The molecule has 0 bridgehead atoms. The van der Waals surface area contributed by atoms with Crippen LogP contribution < -0.4 is 4.90 Å². The number of hydrogen-bond acceptors (Lipinski definition) is 3. The number of rotatable bonds is 6. The average molecular weight is 786 g/mol. The molecule has 0 saturated carbocycles. The van der Waals surface area contributed by atoms with Crippen molar-refractivity contribution in [3.63, 3.8) is 0 Å². The fraction of sp³-hybridized carbons (Fsp3) is 0. The molecule has 0 aliphatic carbocycles. The molecule has 0 amide bonds. The number of hydrogen-bond donors (Lipinski definition) is 0. The summed E-state index contributed by atoms with van der Waals surface area (Å²) in [4.78, 5) is 2.38. The minimum absolute atomic E-state index is 1.11. The van der Waals surface area contributed by atoms with Crippen LogP contribution >= 0.6 is 22.7 Å². The highest BCUT2D eigenvalue weighted by Crippen LogP contribution is 2.43. The lowest BCUT2D eigenvalue weighted by Crippen LogP contribution is -2.09. The normalized spacial score (nSPS) is 11.7. The van der Waals surface area contributed by atoms with Gasteiger partial charge in [0.15, 0.2) is 0 Å². The van der Waals surface area contributed by atoms with E-state index in [0.29, 0.717) is 0 Å². The van der Waals surface area contributed by atoms with E-state index in [0.717, 1.165) is 17.1 Å². The van der Waals surface area contributed by atoms with E-state index in [1.165, 1.54) is 95.3 Å². The highest BCUT2D eigenvalue weighted by Gasteiger charge is 2.17. The monoisotopic (exact) mass is 785 g/mol. The molecule has 0 aliphatic rings. The summed E-state index contributed by atoms with van der Waals surface area (Å²) >= 11 is 3.74. The molecule has 2 heterocycles. The summed E-state index contributed by atoms with van der Waals surface area (Å²) in [5.41, 5.74) is 10.7. The van der Waals surface area contributed by atoms with Gasteiger partial charge in [0.25, 0.3) is 0 Å². The fourth-order valence-electron chi connectivity index (χ4n) is 9.01. The Balaban J connectivity index is 0.955. The van der Waals surface area contributed by atoms with Gasteiger partial charge in [-0.15, -0.1) is 22.7 Å². The zero-order valence-corrected chi connectivity index (χ0v) is 33.6. The van der Waals surface area contributed by atoms with Crippen LogP contribution in [0.4, 0.5) is 17.1 Å². The van der Waals surface area contributed by atoms with E-state index >= 15 is 0 Å². The molecular formula is C56H35NS2. The van der Waals surface area contributed by atoms with Gasteiger partial charge in [-0.25, -0.2) is 0 Å². The Bertz CT molecular complexity index is 3540. The van der Waals surface area contributed by atoms with E-state index in [-0.39, 0.29) is 0 Å². The van der Waals surface area contributed by atoms with E-state index in [4.69, 9.17) is 0 Å². The van der Waals surface area contributed by atoms with Crippen molar-refractivity contribution in [1.82, 2.24) is 0 Å². The molecule has 59 heavy (non-hydrogen) atoms. The highest BCUT2D eigenvalue weighted by molar-refractivity contribution is 7.26. The van der Waals surface area contributed by atoms with Crippen LogP contribution in [0.15, 0.2) is 212 Å². The van der Waals surface area contributed by atoms with Crippen LogP contribution in [-0.2, 0) is 0 Å². The highest BCUT2D eigenvalue weighted by atomic mass is 32.1. The Morgan fingerprint density at radius 3 is 1.51 bits per heavy atom. The van der Waals surface area contributed by atoms with Crippen LogP contribution in [0.2, 0.25) is 0 Å². The quantitative estimate of drug-likeness (QED) is 0.152. The van der Waals surface area contributed by atoms with Gasteiger partial charge in [0.05, 0.1) is 0 Å². The molecule has 12 aromatic rings. The average Bonchev–Trinajstić information content (AvgIpc) is 3.88. The van der Waals surface area contributed by atoms with Gasteiger partial charge in [0.2, 0.25) is 0 Å². The molecule has 0 fully saturated rings. The SMILES string of the molecule is c1ccc2c(c1)ccc1cccc(-c3ccc(N(c4ccc(-c5ccc6sc7ccccc7c6c5)cc4)c4ccc(-c5cccc6c5sc5ccccc56)cc4)cc3)c12. The first-order valence-electron chi connectivity index (χ1n) is 20.1. The van der Waals surface area contributed by atoms with Crippen molar-refractivity contribution in [3.8, 4) is 33.4 Å². The maximum atomic E-state index is 2.38. The van der Waals surface area contributed by atoms with Gasteiger partial charge < -0.3 is 4.90 Å². The van der Waals surface area contributed by atoms with Gasteiger partial charge in [-0.2, -0.15) is 0 Å². The van der Waals surface area contributed by atoms with Crippen LogP contribution in [0, 0.1) is 0 Å². The number of anilines is 3. The molecule has 10 aromatic carbocycles. The van der Waals surface area contributed by atoms with Crippen LogP contribution in [0.25, 0.3) is 95.3 Å². The fourth-order valence-corrected chi connectivity index (χ4v) is 11.3. The van der Waals surface area contributed by atoms with Crippen molar-refractivity contribution in [3.05, 3.63) is 212 Å². The van der Waals surface area contributed by atoms with Gasteiger partial charge >= 0.3 is 0 Å². The lowest BCUT2D eigenvalue weighted by Gasteiger charge is -2.26. The lowest BCUT2D eigenvalue weighted by molar-refractivity contribution is 1.28. The summed E-state index contributed by atoms with van der Waals surface area (Å²) in [6.45, 7) is 0. The zero-order valence-electron chi connectivity index (χ0n) is 32.0. The Morgan fingerprint density at radius 1 is 0.288 bits per heavy atom. The summed E-state index contributed by atoms with van der Waals surface area (Å²) in [5.74, 6) is 0. The minimum atomic E-state index is 1.11. The number of fused-ring (bicyclic) bond motifs is 9. The molecule has 0 unspecified atom stereocenters. The molecule has 3 heteroatoms. The van der Waals surface area contributed by atoms with Crippen LogP contribution in [-0.4, -0.2) is 0 Å². The van der Waals surface area contributed by atoms with Crippen molar-refractivity contribution in [2.75, 3.05) is 4.90 Å². The molecular weight excluding hydrogens is 751 g/mol. The smallest absolute Gasteiger partial charge is 0.0462 e. The first kappa shape index (κ1) is 34.0. The van der Waals surface area contributed by atoms with Crippen LogP contribution in [0.1, 0.15) is 0 Å². The molecule has 0 radical (unpaired) electrons. The first-order valence-corrected chi connectivity index (χ1v) is 21.7. The topological polar surface area (TPSA) is 3.24 Å². The number of thiophene rings is 2. The molecule has 1 nitrogen and oxygen atoms in total. The van der Waals surface area contributed by atoms with Gasteiger partial charge in [0.1, 0.15) is 0 Å². The Morgan fingerprint density at radius 2 is 0.780 bits per heavy atom. The Kier molecular flexibility index (Phi) is 7.97. The van der Waals surface area contributed by atoms with Crippen molar-refractivity contribution in [1.29, 1.82) is 0 Å². The lowest BCUT2D eigenvalue weighted by atomic mass is 9.93. The Hall–Kier alpha value is -7.04. The summed E-state index contributed by atoms with van der Waals surface area (Å²) in [6, 6.07) is 78.2. The summed E-state index contributed by atoms with van der Waals surface area (Å²) in [7, 11) is 0. The van der Waals surface area contributed by atoms with Gasteiger partial charge in [-0.3, -0.25) is 0 Å². The van der Waals surface area contributed by atoms with Gasteiger partial charge in [0, 0.05) is 57.4 Å². The van der Waals surface area contributed by atoms with E-state index in [1.54, 1.807) is 0 Å². The summed E-state index contributed by atoms with van der Waals surface area (Å²) < 4.78 is 5.31. The molecule has 12 rings (SSSR count). The van der Waals surface area contributed by atoms with Crippen LogP contribution in [0.5, 0.6) is 0 Å². The molecule has 0 N–H and O–H groups in total. The molecule has 0 saturated heterocycles. The predicted octanol–water partition coefficient (Wildman–Crippen LogP) is 17.2. The maximum Gasteiger partial charge on any atom is 0.0462 e. The largest absolute Gasteiger partial charge is 0.311 e. The van der Waals surface area contributed by atoms with Crippen molar-refractivity contribution in [2.24, 2.45) is 0 Å². The third-order valence-corrected chi connectivity index (χ3v) is 14.3. The zero-order chi connectivity index (χ0) is 38.9. The molecule has 0 atom stereocenters. The van der Waals surface area contributed by atoms with Crippen LogP contribution in [0.3, 0.4) is 0 Å². The second-order valence-electron chi connectivity index (χ2n) is 15.3. The third kappa shape index (κ3) is 5.73. The van der Waals surface area contributed by atoms with E-state index in [2.05, 4.69) is 217 Å². The second kappa shape index (κ2) is 13.8. The van der Waals surface area contributed by atoms with E-state index in [9.17, 15) is 0 Å². The van der Waals surface area contributed by atoms with E-state index < -0.39 is 0 Å². The molecule has 0 spiro atoms. The summed E-state index contributed by atoms with van der Waals surface area (Å²) in [6.07, 6.45) is 0. The molecule has 2 aromatic heterocycles. The summed E-state index contributed by atoms with van der Waals surface area (Å²) in [5, 5.41) is 10.4.